The Labute approximate surface area is 164 Å². The topological polar surface area (TPSA) is 68.1 Å². The molecule has 146 valence electrons. The quantitative estimate of drug-likeness (QED) is 0.735. The van der Waals surface area contributed by atoms with Crippen LogP contribution >= 0.6 is 0 Å². The van der Waals surface area contributed by atoms with E-state index in [0.29, 0.717) is 11.9 Å². The van der Waals surface area contributed by atoms with E-state index in [1.54, 1.807) is 7.11 Å². The normalized spacial score (nSPS) is 21.5. The van der Waals surface area contributed by atoms with Gasteiger partial charge in [0, 0.05) is 25.8 Å². The van der Waals surface area contributed by atoms with E-state index in [0.717, 1.165) is 54.4 Å². The molecule has 1 aliphatic heterocycles. The second kappa shape index (κ2) is 6.74. The fourth-order valence-corrected chi connectivity index (χ4v) is 4.05. The minimum atomic E-state index is 0.570. The first-order chi connectivity index (χ1) is 13.6. The van der Waals surface area contributed by atoms with E-state index in [2.05, 4.69) is 46.4 Å². The lowest BCUT2D eigenvalue weighted by Crippen LogP contribution is -2.26. The van der Waals surface area contributed by atoms with Crippen LogP contribution in [0.3, 0.4) is 0 Å². The molecule has 2 aliphatic rings. The SMILES string of the molecule is COc1cc2c(cc1Nc1ncc3cnn(C[C@@H]4C[C@@H]4C)c3n1)CN(C)CC2. The molecule has 7 nitrogen and oxygen atoms in total. The number of benzene rings is 1. The number of likely N-dealkylation sites (N-methyl/N-ethyl adjacent to an activating group) is 1. The van der Waals surface area contributed by atoms with Crippen LogP contribution in [0.15, 0.2) is 24.5 Å². The van der Waals surface area contributed by atoms with Crippen LogP contribution in [0.5, 0.6) is 5.75 Å². The number of hydrogen-bond acceptors (Lipinski definition) is 6. The van der Waals surface area contributed by atoms with Crippen molar-refractivity contribution in [2.45, 2.75) is 32.9 Å². The number of hydrogen-bond donors (Lipinski definition) is 1. The molecule has 3 heterocycles. The minimum absolute atomic E-state index is 0.570. The second-order valence-electron chi connectivity index (χ2n) is 8.21. The highest BCUT2D eigenvalue weighted by molar-refractivity contribution is 5.76. The van der Waals surface area contributed by atoms with Crippen molar-refractivity contribution in [1.82, 2.24) is 24.6 Å². The fourth-order valence-electron chi connectivity index (χ4n) is 4.05. The average Bonchev–Trinajstić information content (AvgIpc) is 3.24. The van der Waals surface area contributed by atoms with Crippen LogP contribution in [0.2, 0.25) is 0 Å². The third-order valence-electron chi connectivity index (χ3n) is 6.03. The van der Waals surface area contributed by atoms with Gasteiger partial charge in [-0.3, -0.25) is 0 Å². The van der Waals surface area contributed by atoms with Crippen LogP contribution in [0.1, 0.15) is 24.5 Å². The highest BCUT2D eigenvalue weighted by atomic mass is 16.5. The fraction of sp³-hybridized carbons (Fsp3) is 0.476. The summed E-state index contributed by atoms with van der Waals surface area (Å²) in [4.78, 5) is 11.6. The molecule has 0 amide bonds. The molecule has 2 aromatic heterocycles. The largest absolute Gasteiger partial charge is 0.495 e. The monoisotopic (exact) mass is 378 g/mol. The summed E-state index contributed by atoms with van der Waals surface area (Å²) in [7, 11) is 3.86. The van der Waals surface area contributed by atoms with E-state index >= 15 is 0 Å². The molecule has 1 fully saturated rings. The summed E-state index contributed by atoms with van der Waals surface area (Å²) in [5, 5.41) is 8.85. The molecule has 0 spiro atoms. The number of methoxy groups -OCH3 is 1. The van der Waals surface area contributed by atoms with Crippen LogP contribution in [0.25, 0.3) is 11.0 Å². The number of ether oxygens (including phenoxy) is 1. The Balaban J connectivity index is 1.46. The maximum Gasteiger partial charge on any atom is 0.229 e. The molecule has 0 unspecified atom stereocenters. The van der Waals surface area contributed by atoms with Crippen LogP contribution in [0, 0.1) is 11.8 Å². The van der Waals surface area contributed by atoms with Gasteiger partial charge in [0.2, 0.25) is 5.95 Å². The van der Waals surface area contributed by atoms with Crippen molar-refractivity contribution in [2.24, 2.45) is 11.8 Å². The molecule has 0 saturated heterocycles. The van der Waals surface area contributed by atoms with Crippen molar-refractivity contribution in [2.75, 3.05) is 26.0 Å². The smallest absolute Gasteiger partial charge is 0.229 e. The molecule has 0 bridgehead atoms. The second-order valence-corrected chi connectivity index (χ2v) is 8.21. The average molecular weight is 378 g/mol. The predicted molar refractivity (Wildman–Crippen MR) is 109 cm³/mol. The Kier molecular flexibility index (Phi) is 4.19. The highest BCUT2D eigenvalue weighted by Gasteiger charge is 2.33. The summed E-state index contributed by atoms with van der Waals surface area (Å²) in [6.45, 7) is 5.24. The summed E-state index contributed by atoms with van der Waals surface area (Å²) >= 11 is 0. The van der Waals surface area contributed by atoms with Gasteiger partial charge in [-0.15, -0.1) is 0 Å². The van der Waals surface area contributed by atoms with Gasteiger partial charge < -0.3 is 15.0 Å². The van der Waals surface area contributed by atoms with Crippen molar-refractivity contribution < 1.29 is 4.74 Å². The number of fused-ring (bicyclic) bond motifs is 2. The van der Waals surface area contributed by atoms with Gasteiger partial charge in [0.15, 0.2) is 5.65 Å². The zero-order valence-corrected chi connectivity index (χ0v) is 16.6. The van der Waals surface area contributed by atoms with Gasteiger partial charge in [0.05, 0.1) is 24.4 Å². The van der Waals surface area contributed by atoms with E-state index in [-0.39, 0.29) is 0 Å². The highest BCUT2D eigenvalue weighted by Crippen LogP contribution is 2.39. The molecule has 28 heavy (non-hydrogen) atoms. The van der Waals surface area contributed by atoms with E-state index < -0.39 is 0 Å². The summed E-state index contributed by atoms with van der Waals surface area (Å²) in [5.74, 6) is 2.90. The van der Waals surface area contributed by atoms with Gasteiger partial charge in [0.1, 0.15) is 5.75 Å². The molecule has 1 aliphatic carbocycles. The lowest BCUT2D eigenvalue weighted by atomic mass is 9.99. The molecular formula is C21H26N6O. The lowest BCUT2D eigenvalue weighted by molar-refractivity contribution is 0.312. The number of nitrogens with zero attached hydrogens (tertiary/aromatic N) is 5. The first-order valence-corrected chi connectivity index (χ1v) is 9.94. The first kappa shape index (κ1) is 17.4. The maximum atomic E-state index is 5.63. The molecular weight excluding hydrogens is 352 g/mol. The van der Waals surface area contributed by atoms with Gasteiger partial charge >= 0.3 is 0 Å². The summed E-state index contributed by atoms with van der Waals surface area (Å²) in [6, 6.07) is 4.31. The summed E-state index contributed by atoms with van der Waals surface area (Å²) in [6.07, 6.45) is 6.01. The minimum Gasteiger partial charge on any atom is -0.495 e. The van der Waals surface area contributed by atoms with Crippen molar-refractivity contribution in [3.8, 4) is 5.75 Å². The number of anilines is 2. The molecule has 7 heteroatoms. The lowest BCUT2D eigenvalue weighted by Gasteiger charge is -2.26. The molecule has 1 aromatic carbocycles. The van der Waals surface area contributed by atoms with Gasteiger partial charge in [-0.05, 0) is 55.0 Å². The molecule has 1 N–H and O–H groups in total. The van der Waals surface area contributed by atoms with Crippen molar-refractivity contribution >= 4 is 22.7 Å². The molecule has 1 saturated carbocycles. The Morgan fingerprint density at radius 1 is 1.25 bits per heavy atom. The van der Waals surface area contributed by atoms with Crippen molar-refractivity contribution in [3.63, 3.8) is 0 Å². The van der Waals surface area contributed by atoms with Crippen LogP contribution in [-0.4, -0.2) is 45.4 Å². The van der Waals surface area contributed by atoms with Crippen LogP contribution in [0.4, 0.5) is 11.6 Å². The van der Waals surface area contributed by atoms with Crippen molar-refractivity contribution in [1.29, 1.82) is 0 Å². The summed E-state index contributed by atoms with van der Waals surface area (Å²) in [5.41, 5.74) is 4.46. The van der Waals surface area contributed by atoms with Gasteiger partial charge in [0.25, 0.3) is 0 Å². The van der Waals surface area contributed by atoms with Crippen LogP contribution in [-0.2, 0) is 19.5 Å². The Morgan fingerprint density at radius 3 is 2.89 bits per heavy atom. The summed E-state index contributed by atoms with van der Waals surface area (Å²) < 4.78 is 7.64. The van der Waals surface area contributed by atoms with Gasteiger partial charge in [-0.25, -0.2) is 9.67 Å². The predicted octanol–water partition coefficient (Wildman–Crippen LogP) is 3.22. The van der Waals surface area contributed by atoms with Gasteiger partial charge in [-0.2, -0.15) is 10.1 Å². The molecule has 3 aromatic rings. The van der Waals surface area contributed by atoms with E-state index in [1.807, 2.05) is 17.1 Å². The van der Waals surface area contributed by atoms with E-state index in [4.69, 9.17) is 9.72 Å². The Morgan fingerprint density at radius 2 is 2.11 bits per heavy atom. The first-order valence-electron chi connectivity index (χ1n) is 9.94. The standard InChI is InChI=1S/C21H26N6O/c1-13-6-15(13)12-27-20-17(10-23-27)9-22-21(25-20)24-18-7-16-11-26(2)5-4-14(16)8-19(18)28-3/h7-10,13,15H,4-6,11-12H2,1-3H3,(H,22,24,25)/t13-,15-/m0/s1. The third kappa shape index (κ3) is 3.20. The van der Waals surface area contributed by atoms with E-state index in [9.17, 15) is 0 Å². The zero-order chi connectivity index (χ0) is 19.3. The third-order valence-corrected chi connectivity index (χ3v) is 6.03. The molecule has 2 atom stereocenters. The Hall–Kier alpha value is -2.67. The van der Waals surface area contributed by atoms with E-state index in [1.165, 1.54) is 17.5 Å². The Bertz CT molecular complexity index is 1030. The molecule has 0 radical (unpaired) electrons. The van der Waals surface area contributed by atoms with Crippen molar-refractivity contribution in [3.05, 3.63) is 35.7 Å². The van der Waals surface area contributed by atoms with Crippen LogP contribution < -0.4 is 10.1 Å². The zero-order valence-electron chi connectivity index (χ0n) is 16.6. The number of nitrogens with one attached hydrogen (secondary N) is 1. The number of rotatable bonds is 5. The van der Waals surface area contributed by atoms with Gasteiger partial charge in [-0.1, -0.05) is 6.92 Å². The maximum absolute atomic E-state index is 5.63. The number of aromatic nitrogens is 4. The molecule has 5 rings (SSSR count).